The Hall–Kier alpha value is -1.03. The van der Waals surface area contributed by atoms with Crippen LogP contribution in [0.1, 0.15) is 32.6 Å². The summed E-state index contributed by atoms with van der Waals surface area (Å²) in [4.78, 5) is 0.380. The zero-order valence-corrected chi connectivity index (χ0v) is 11.8. The molecular formula is C14H21NO2S. The fraction of sp³-hybridized carbons (Fsp3) is 0.571. The van der Waals surface area contributed by atoms with Crippen LogP contribution in [0, 0.1) is 5.92 Å². The summed E-state index contributed by atoms with van der Waals surface area (Å²) >= 11 is 0. The van der Waals surface area contributed by atoms with Crippen molar-refractivity contribution in [2.45, 2.75) is 43.5 Å². The number of rotatable bonds is 4. The Kier molecular flexibility index (Phi) is 3.95. The highest BCUT2D eigenvalue weighted by atomic mass is 32.2. The second kappa shape index (κ2) is 5.31. The third-order valence-electron chi connectivity index (χ3n) is 3.77. The standard InChI is InChI=1S/C14H21NO2S/c1-3-11-4-5-13(10-11)15-12-6-8-14(9-7-12)18(2,16)17/h6-9,11,13,15H,3-5,10H2,1-2H3. The summed E-state index contributed by atoms with van der Waals surface area (Å²) in [6, 6.07) is 7.60. The van der Waals surface area contributed by atoms with Crippen molar-refractivity contribution in [1.82, 2.24) is 0 Å². The Labute approximate surface area is 110 Å². The van der Waals surface area contributed by atoms with E-state index < -0.39 is 9.84 Å². The molecule has 0 heterocycles. The first-order valence-electron chi connectivity index (χ1n) is 6.55. The Morgan fingerprint density at radius 2 is 1.89 bits per heavy atom. The fourth-order valence-electron chi connectivity index (χ4n) is 2.61. The summed E-state index contributed by atoms with van der Waals surface area (Å²) < 4.78 is 22.7. The van der Waals surface area contributed by atoms with Crippen LogP contribution in [0.15, 0.2) is 29.2 Å². The van der Waals surface area contributed by atoms with Crippen LogP contribution in [0.5, 0.6) is 0 Å². The quantitative estimate of drug-likeness (QED) is 0.912. The van der Waals surface area contributed by atoms with Crippen LogP contribution in [-0.4, -0.2) is 20.7 Å². The lowest BCUT2D eigenvalue weighted by atomic mass is 10.1. The number of benzene rings is 1. The van der Waals surface area contributed by atoms with E-state index >= 15 is 0 Å². The van der Waals surface area contributed by atoms with Crippen molar-refractivity contribution in [3.8, 4) is 0 Å². The monoisotopic (exact) mass is 267 g/mol. The van der Waals surface area contributed by atoms with Crippen LogP contribution < -0.4 is 5.32 Å². The van der Waals surface area contributed by atoms with Gasteiger partial charge in [0.1, 0.15) is 0 Å². The first-order valence-corrected chi connectivity index (χ1v) is 8.45. The highest BCUT2D eigenvalue weighted by Crippen LogP contribution is 2.30. The molecule has 0 saturated heterocycles. The zero-order chi connectivity index (χ0) is 13.2. The van der Waals surface area contributed by atoms with E-state index in [1.165, 1.54) is 31.9 Å². The van der Waals surface area contributed by atoms with Crippen molar-refractivity contribution in [2.24, 2.45) is 5.92 Å². The van der Waals surface area contributed by atoms with Gasteiger partial charge in [0.05, 0.1) is 4.90 Å². The van der Waals surface area contributed by atoms with Crippen LogP contribution in [-0.2, 0) is 9.84 Å². The molecule has 1 N–H and O–H groups in total. The topological polar surface area (TPSA) is 46.2 Å². The normalized spacial score (nSPS) is 24.1. The highest BCUT2D eigenvalue weighted by Gasteiger charge is 2.22. The van der Waals surface area contributed by atoms with Crippen molar-refractivity contribution in [3.63, 3.8) is 0 Å². The predicted molar refractivity (Wildman–Crippen MR) is 74.6 cm³/mol. The third kappa shape index (κ3) is 3.25. The first kappa shape index (κ1) is 13.4. The Morgan fingerprint density at radius 3 is 2.39 bits per heavy atom. The number of hydrogen-bond acceptors (Lipinski definition) is 3. The van der Waals surface area contributed by atoms with Gasteiger partial charge in [-0.3, -0.25) is 0 Å². The van der Waals surface area contributed by atoms with Crippen molar-refractivity contribution in [2.75, 3.05) is 11.6 Å². The SMILES string of the molecule is CCC1CCC(Nc2ccc(S(C)(=O)=O)cc2)C1. The molecule has 3 nitrogen and oxygen atoms in total. The molecule has 1 fully saturated rings. The Balaban J connectivity index is 1.99. The highest BCUT2D eigenvalue weighted by molar-refractivity contribution is 7.90. The summed E-state index contributed by atoms with van der Waals surface area (Å²) in [5.74, 6) is 0.845. The maximum atomic E-state index is 11.4. The Morgan fingerprint density at radius 1 is 1.22 bits per heavy atom. The fourth-order valence-corrected chi connectivity index (χ4v) is 3.24. The van der Waals surface area contributed by atoms with Gasteiger partial charge in [0.25, 0.3) is 0 Å². The molecular weight excluding hydrogens is 246 g/mol. The lowest BCUT2D eigenvalue weighted by molar-refractivity contribution is 0.525. The van der Waals surface area contributed by atoms with Crippen LogP contribution in [0.2, 0.25) is 0 Å². The lowest BCUT2D eigenvalue weighted by Crippen LogP contribution is -2.15. The van der Waals surface area contributed by atoms with Gasteiger partial charge in [-0.2, -0.15) is 0 Å². The predicted octanol–water partition coefficient (Wildman–Crippen LogP) is 3.08. The summed E-state index contributed by atoms with van der Waals surface area (Å²) in [5, 5.41) is 3.49. The van der Waals surface area contributed by atoms with Gasteiger partial charge in [-0.05, 0) is 49.4 Å². The average Bonchev–Trinajstić information content (AvgIpc) is 2.76. The summed E-state index contributed by atoms with van der Waals surface area (Å²) in [7, 11) is -3.09. The van der Waals surface area contributed by atoms with Crippen molar-refractivity contribution in [1.29, 1.82) is 0 Å². The third-order valence-corrected chi connectivity index (χ3v) is 4.90. The van der Waals surface area contributed by atoms with E-state index in [4.69, 9.17) is 0 Å². The smallest absolute Gasteiger partial charge is 0.175 e. The van der Waals surface area contributed by atoms with Crippen LogP contribution in [0.4, 0.5) is 5.69 Å². The number of sulfone groups is 1. The second-order valence-corrected chi connectivity index (χ2v) is 7.24. The van der Waals surface area contributed by atoms with E-state index in [2.05, 4.69) is 12.2 Å². The van der Waals surface area contributed by atoms with Gasteiger partial charge in [-0.25, -0.2) is 8.42 Å². The zero-order valence-electron chi connectivity index (χ0n) is 11.0. The molecule has 0 radical (unpaired) electrons. The summed E-state index contributed by atoms with van der Waals surface area (Å²) in [6.45, 7) is 2.24. The molecule has 0 bridgehead atoms. The maximum Gasteiger partial charge on any atom is 0.175 e. The Bertz CT molecular complexity index is 493. The lowest BCUT2D eigenvalue weighted by Gasteiger charge is -2.14. The summed E-state index contributed by atoms with van der Waals surface area (Å²) in [6.07, 6.45) is 6.23. The molecule has 2 rings (SSSR count). The molecule has 100 valence electrons. The minimum Gasteiger partial charge on any atom is -0.382 e. The first-order chi connectivity index (χ1) is 8.49. The van der Waals surface area contributed by atoms with Gasteiger partial charge >= 0.3 is 0 Å². The molecule has 2 atom stereocenters. The molecule has 0 aliphatic heterocycles. The van der Waals surface area contributed by atoms with E-state index in [1.807, 2.05) is 12.1 Å². The number of hydrogen-bond donors (Lipinski definition) is 1. The van der Waals surface area contributed by atoms with Crippen LogP contribution in [0.3, 0.4) is 0 Å². The van der Waals surface area contributed by atoms with Gasteiger partial charge in [-0.1, -0.05) is 13.3 Å². The molecule has 1 aliphatic carbocycles. The number of nitrogens with one attached hydrogen (secondary N) is 1. The molecule has 0 amide bonds. The molecule has 0 aromatic heterocycles. The number of anilines is 1. The summed E-state index contributed by atoms with van der Waals surface area (Å²) in [5.41, 5.74) is 1.02. The minimum atomic E-state index is -3.09. The molecule has 1 saturated carbocycles. The largest absolute Gasteiger partial charge is 0.382 e. The van der Waals surface area contributed by atoms with E-state index in [1.54, 1.807) is 12.1 Å². The van der Waals surface area contributed by atoms with Crippen molar-refractivity contribution in [3.05, 3.63) is 24.3 Å². The molecule has 1 aromatic rings. The molecule has 0 spiro atoms. The van der Waals surface area contributed by atoms with Crippen LogP contribution in [0.25, 0.3) is 0 Å². The van der Waals surface area contributed by atoms with Crippen LogP contribution >= 0.6 is 0 Å². The molecule has 1 aliphatic rings. The van der Waals surface area contributed by atoms with Crippen molar-refractivity contribution >= 4 is 15.5 Å². The van der Waals surface area contributed by atoms with E-state index in [0.29, 0.717) is 10.9 Å². The van der Waals surface area contributed by atoms with E-state index in [9.17, 15) is 8.42 Å². The van der Waals surface area contributed by atoms with Gasteiger partial charge in [0.2, 0.25) is 0 Å². The molecule has 2 unspecified atom stereocenters. The van der Waals surface area contributed by atoms with Gasteiger partial charge in [0.15, 0.2) is 9.84 Å². The molecule has 4 heteroatoms. The van der Waals surface area contributed by atoms with Gasteiger partial charge in [0, 0.05) is 18.0 Å². The second-order valence-electron chi connectivity index (χ2n) is 5.23. The average molecular weight is 267 g/mol. The van der Waals surface area contributed by atoms with Gasteiger partial charge in [-0.15, -0.1) is 0 Å². The van der Waals surface area contributed by atoms with Gasteiger partial charge < -0.3 is 5.32 Å². The molecule has 1 aromatic carbocycles. The van der Waals surface area contributed by atoms with E-state index in [-0.39, 0.29) is 0 Å². The maximum absolute atomic E-state index is 11.4. The van der Waals surface area contributed by atoms with E-state index in [0.717, 1.165) is 11.6 Å². The van der Waals surface area contributed by atoms with Crippen molar-refractivity contribution < 1.29 is 8.42 Å². The molecule has 18 heavy (non-hydrogen) atoms. The minimum absolute atomic E-state index is 0.380.